The van der Waals surface area contributed by atoms with Gasteiger partial charge in [-0.3, -0.25) is 0 Å². The van der Waals surface area contributed by atoms with E-state index in [1.54, 1.807) is 0 Å². The summed E-state index contributed by atoms with van der Waals surface area (Å²) in [4.78, 5) is 0. The Morgan fingerprint density at radius 2 is 1.60 bits per heavy atom. The molecule has 0 aliphatic rings. The van der Waals surface area contributed by atoms with Gasteiger partial charge in [0.15, 0.2) is 0 Å². The predicted octanol–water partition coefficient (Wildman–Crippen LogP) is 0.722. The fraction of sp³-hybridized carbons (Fsp3) is 1.00. The van der Waals surface area contributed by atoms with Crippen molar-refractivity contribution in [1.29, 1.82) is 0 Å². The van der Waals surface area contributed by atoms with E-state index < -0.39 is 0 Å². The Bertz CT molecular complexity index is 18.9. The summed E-state index contributed by atoms with van der Waals surface area (Å²) in [6, 6.07) is 0. The Balaban J connectivity index is 2.54. The third-order valence-electron chi connectivity index (χ3n) is 0.816. The molecule has 0 nitrogen and oxygen atoms in total. The molecule has 0 saturated carbocycles. The van der Waals surface area contributed by atoms with E-state index in [-0.39, 0.29) is 0 Å². The van der Waals surface area contributed by atoms with Gasteiger partial charge in [-0.25, -0.2) is 0 Å². The van der Waals surface area contributed by atoms with Gasteiger partial charge in [0.1, 0.15) is 0 Å². The van der Waals surface area contributed by atoms with Crippen LogP contribution in [0, 0.1) is 0 Å². The summed E-state index contributed by atoms with van der Waals surface area (Å²) in [6.45, 7) is 7.53. The molecule has 0 saturated heterocycles. The summed E-state index contributed by atoms with van der Waals surface area (Å²) in [5.41, 5.74) is 0. The van der Waals surface area contributed by atoms with Crippen LogP contribution in [0.25, 0.3) is 0 Å². The first-order chi connectivity index (χ1) is 2.27. The lowest BCUT2D eigenvalue weighted by atomic mass is 9.25. The van der Waals surface area contributed by atoms with Crippen molar-refractivity contribution in [2.45, 2.75) is 20.5 Å². The van der Waals surface area contributed by atoms with E-state index in [0.717, 1.165) is 6.60 Å². The third-order valence-corrected chi connectivity index (χ3v) is 0.816. The van der Waals surface area contributed by atoms with Crippen molar-refractivity contribution >= 4 is 13.8 Å². The largest absolute Gasteiger partial charge is 0.0973 e. The normalized spacial score (nSPS) is 7.00. The van der Waals surface area contributed by atoms with Gasteiger partial charge >= 0.3 is 0 Å². The topological polar surface area (TPSA) is 0 Å². The van der Waals surface area contributed by atoms with Gasteiger partial charge in [0.25, 0.3) is 0 Å². The molecular formula is C3H10B2. The van der Waals surface area contributed by atoms with Gasteiger partial charge in [-0.1, -0.05) is 20.5 Å². The molecule has 0 heterocycles. The Morgan fingerprint density at radius 1 is 1.40 bits per heavy atom. The Labute approximate surface area is 35.3 Å². The Morgan fingerprint density at radius 3 is 1.60 bits per heavy atom. The van der Waals surface area contributed by atoms with Gasteiger partial charge in [0, 0.05) is 0 Å². The quantitative estimate of drug-likeness (QED) is 0.397. The lowest BCUT2D eigenvalue weighted by Gasteiger charge is -1.82. The van der Waals surface area contributed by atoms with Crippen molar-refractivity contribution in [3.05, 3.63) is 0 Å². The molecule has 2 heteroatoms. The summed E-state index contributed by atoms with van der Waals surface area (Å²) in [7, 11) is 1.31. The molecule has 0 N–H and O–H groups in total. The summed E-state index contributed by atoms with van der Waals surface area (Å²) in [5, 5.41) is 0. The van der Waals surface area contributed by atoms with Gasteiger partial charge in [-0.05, 0) is 0 Å². The molecule has 0 amide bonds. The lowest BCUT2D eigenvalue weighted by molar-refractivity contribution is 2.07. The summed E-state index contributed by atoms with van der Waals surface area (Å²) < 4.78 is 0. The first kappa shape index (κ1) is 5.13. The van der Waals surface area contributed by atoms with Crippen molar-refractivity contribution in [3.8, 4) is 0 Å². The molecule has 0 aliphatic heterocycles. The maximum atomic E-state index is 2.22. The van der Waals surface area contributed by atoms with Crippen LogP contribution in [0.3, 0.4) is 0 Å². The van der Waals surface area contributed by atoms with Crippen LogP contribution in [0.4, 0.5) is 0 Å². The zero-order valence-corrected chi connectivity index (χ0v) is 4.28. The molecule has 0 atom stereocenters. The molecule has 0 aromatic carbocycles. The molecule has 0 bridgehead atoms. The Kier molecular flexibility index (Phi) is 2.43. The molecule has 0 fully saturated rings. The van der Waals surface area contributed by atoms with Crippen molar-refractivity contribution in [2.75, 3.05) is 0 Å². The standard InChI is InChI=1S/C3H10B2/c1-4-5(2)3/h4H,1-3H3. The smallest absolute Gasteiger partial charge is 0.0955 e. The fourth-order valence-corrected chi connectivity index (χ4v) is 0. The predicted molar refractivity (Wildman–Crippen MR) is 30.5 cm³/mol. The second-order valence-electron chi connectivity index (χ2n) is 1.80. The molecule has 0 rings (SSSR count). The monoisotopic (exact) mass is 68.1 g/mol. The highest BCUT2D eigenvalue weighted by molar-refractivity contribution is 7.10. The van der Waals surface area contributed by atoms with E-state index in [1.165, 1.54) is 7.17 Å². The second kappa shape index (κ2) is 2.37. The second-order valence-corrected chi connectivity index (χ2v) is 1.80. The van der Waals surface area contributed by atoms with Gasteiger partial charge in [0.05, 0.1) is 13.8 Å². The van der Waals surface area contributed by atoms with Crippen LogP contribution in [0.2, 0.25) is 20.5 Å². The molecule has 0 aromatic rings. The van der Waals surface area contributed by atoms with E-state index in [2.05, 4.69) is 20.5 Å². The van der Waals surface area contributed by atoms with E-state index in [4.69, 9.17) is 0 Å². The molecule has 0 aliphatic carbocycles. The van der Waals surface area contributed by atoms with Crippen LogP contribution in [-0.2, 0) is 0 Å². The molecule has 0 aromatic heterocycles. The molecule has 0 radical (unpaired) electrons. The van der Waals surface area contributed by atoms with Crippen LogP contribution >= 0.6 is 0 Å². The highest BCUT2D eigenvalue weighted by Crippen LogP contribution is 1.69. The summed E-state index contributed by atoms with van der Waals surface area (Å²) >= 11 is 0. The van der Waals surface area contributed by atoms with Crippen molar-refractivity contribution in [1.82, 2.24) is 0 Å². The average Bonchev–Trinajstić information content (AvgIpc) is 1.38. The summed E-state index contributed by atoms with van der Waals surface area (Å²) in [6.07, 6.45) is 0. The highest BCUT2D eigenvalue weighted by atomic mass is 13.2. The van der Waals surface area contributed by atoms with Gasteiger partial charge in [-0.15, -0.1) is 0 Å². The van der Waals surface area contributed by atoms with E-state index in [1.807, 2.05) is 0 Å². The maximum Gasteiger partial charge on any atom is 0.0973 e. The van der Waals surface area contributed by atoms with Crippen molar-refractivity contribution in [3.63, 3.8) is 0 Å². The van der Waals surface area contributed by atoms with Crippen LogP contribution in [0.15, 0.2) is 0 Å². The first-order valence-electron chi connectivity index (χ1n) is 2.27. The minimum atomic E-state index is 0.884. The van der Waals surface area contributed by atoms with E-state index in [9.17, 15) is 0 Å². The van der Waals surface area contributed by atoms with Crippen LogP contribution in [-0.4, -0.2) is 13.8 Å². The minimum Gasteiger partial charge on any atom is -0.0955 e. The zero-order chi connectivity index (χ0) is 4.28. The van der Waals surface area contributed by atoms with E-state index in [0.29, 0.717) is 0 Å². The van der Waals surface area contributed by atoms with Crippen molar-refractivity contribution < 1.29 is 0 Å². The van der Waals surface area contributed by atoms with Gasteiger partial charge in [0.2, 0.25) is 0 Å². The summed E-state index contributed by atoms with van der Waals surface area (Å²) in [5.74, 6) is 0. The van der Waals surface area contributed by atoms with Crippen molar-refractivity contribution in [2.24, 2.45) is 0 Å². The maximum absolute atomic E-state index is 2.22. The molecular weight excluding hydrogens is 57.7 g/mol. The van der Waals surface area contributed by atoms with Crippen LogP contribution in [0.5, 0.6) is 0 Å². The average molecular weight is 67.7 g/mol. The minimum absolute atomic E-state index is 0.884. The molecule has 0 unspecified atom stereocenters. The zero-order valence-electron chi connectivity index (χ0n) is 4.28. The first-order valence-corrected chi connectivity index (χ1v) is 2.27. The Hall–Kier alpha value is 0.130. The number of hydrogen-bond donors (Lipinski definition) is 0. The third kappa shape index (κ3) is 4.13. The number of hydrogen-bond acceptors (Lipinski definition) is 0. The lowest BCUT2D eigenvalue weighted by Crippen LogP contribution is -2.06. The molecule has 0 spiro atoms. The highest BCUT2D eigenvalue weighted by Gasteiger charge is 1.89. The van der Waals surface area contributed by atoms with Gasteiger partial charge < -0.3 is 0 Å². The fourth-order valence-electron chi connectivity index (χ4n) is 0. The van der Waals surface area contributed by atoms with Crippen LogP contribution in [0.1, 0.15) is 0 Å². The number of rotatable bonds is 1. The SMILES string of the molecule is CBB(C)C. The molecule has 28 valence electrons. The van der Waals surface area contributed by atoms with E-state index >= 15 is 0 Å². The molecule has 5 heavy (non-hydrogen) atoms. The van der Waals surface area contributed by atoms with Crippen LogP contribution < -0.4 is 0 Å². The van der Waals surface area contributed by atoms with Gasteiger partial charge in [-0.2, -0.15) is 0 Å².